The van der Waals surface area contributed by atoms with Gasteiger partial charge in [-0.3, -0.25) is 4.79 Å². The van der Waals surface area contributed by atoms with E-state index in [0.29, 0.717) is 12.4 Å². The molecule has 2 aromatic rings. The van der Waals surface area contributed by atoms with Crippen LogP contribution in [-0.2, 0) is 9.53 Å². The minimum Gasteiger partial charge on any atom is -0.497 e. The number of nitrogens with one attached hydrogen (secondary N) is 2. The van der Waals surface area contributed by atoms with Gasteiger partial charge in [-0.25, -0.2) is 9.97 Å². The number of carbonyl (C=O) groups excluding carboxylic acids is 1. The smallest absolute Gasteiger partial charge is 0.293 e. The van der Waals surface area contributed by atoms with Crippen molar-refractivity contribution in [3.63, 3.8) is 0 Å². The van der Waals surface area contributed by atoms with Gasteiger partial charge in [-0.05, 0) is 52.6 Å². The number of hydrogen-bond donors (Lipinski definition) is 2. The SMILES string of the molecule is CC(C)(C)OC=O.COc1cc(Nc2cc(N(C)CC3CCNCC3)ncn2)cc(OC)c1. The van der Waals surface area contributed by atoms with Crippen LogP contribution in [0.4, 0.5) is 17.3 Å². The van der Waals surface area contributed by atoms with Gasteiger partial charge in [0.1, 0.15) is 35.1 Å². The van der Waals surface area contributed by atoms with Crippen molar-refractivity contribution in [1.82, 2.24) is 15.3 Å². The van der Waals surface area contributed by atoms with E-state index in [-0.39, 0.29) is 5.60 Å². The summed E-state index contributed by atoms with van der Waals surface area (Å²) in [6, 6.07) is 7.61. The lowest BCUT2D eigenvalue weighted by Crippen LogP contribution is -2.34. The number of carbonyl (C=O) groups is 1. The molecule has 1 saturated heterocycles. The highest BCUT2D eigenvalue weighted by Crippen LogP contribution is 2.28. The van der Waals surface area contributed by atoms with Crippen LogP contribution in [-0.4, -0.2) is 62.9 Å². The van der Waals surface area contributed by atoms with Crippen LogP contribution < -0.4 is 25.0 Å². The third kappa shape index (κ3) is 9.53. The molecule has 0 unspecified atom stereocenters. The van der Waals surface area contributed by atoms with E-state index in [1.165, 1.54) is 12.8 Å². The van der Waals surface area contributed by atoms with Crippen molar-refractivity contribution in [2.24, 2.45) is 5.92 Å². The Balaban J connectivity index is 0.000000479. The van der Waals surface area contributed by atoms with Gasteiger partial charge in [-0.15, -0.1) is 0 Å². The molecule has 0 radical (unpaired) electrons. The van der Waals surface area contributed by atoms with Crippen molar-refractivity contribution in [3.8, 4) is 11.5 Å². The number of aromatic nitrogens is 2. The third-order valence-corrected chi connectivity index (χ3v) is 5.06. The van der Waals surface area contributed by atoms with Crippen LogP contribution in [0.2, 0.25) is 0 Å². The first kappa shape index (κ1) is 26.2. The van der Waals surface area contributed by atoms with Gasteiger partial charge in [0, 0.05) is 43.5 Å². The molecule has 9 heteroatoms. The molecule has 0 spiro atoms. The standard InChI is InChI=1S/C19H27N5O2.C5H10O2/c1-24(12-14-4-6-20-7-5-14)19-11-18(21-13-22-19)23-15-8-16(25-2)10-17(9-15)26-3;1-5(2,3)7-4-6/h8-11,13-14,20H,4-7,12H2,1-3H3,(H,21,22,23);4H,1-3H3. The minimum atomic E-state index is -0.318. The molecular weight excluding hydrogens is 422 g/mol. The van der Waals surface area contributed by atoms with Gasteiger partial charge in [0.15, 0.2) is 0 Å². The van der Waals surface area contributed by atoms with E-state index in [0.717, 1.165) is 48.5 Å². The fraction of sp³-hybridized carbons (Fsp3) is 0.542. The Morgan fingerprint density at radius 1 is 1.09 bits per heavy atom. The molecule has 1 aliphatic rings. The number of ether oxygens (including phenoxy) is 3. The van der Waals surface area contributed by atoms with Gasteiger partial charge in [-0.2, -0.15) is 0 Å². The van der Waals surface area contributed by atoms with Gasteiger partial charge < -0.3 is 29.7 Å². The number of anilines is 3. The number of methoxy groups -OCH3 is 2. The molecule has 1 aliphatic heterocycles. The average Bonchev–Trinajstić information content (AvgIpc) is 2.79. The Labute approximate surface area is 196 Å². The molecule has 9 nitrogen and oxygen atoms in total. The van der Waals surface area contributed by atoms with Crippen molar-refractivity contribution >= 4 is 23.8 Å². The minimum absolute atomic E-state index is 0.318. The van der Waals surface area contributed by atoms with Crippen LogP contribution in [0.3, 0.4) is 0 Å². The van der Waals surface area contributed by atoms with Gasteiger partial charge in [0.25, 0.3) is 6.47 Å². The maximum Gasteiger partial charge on any atom is 0.293 e. The van der Waals surface area contributed by atoms with E-state index in [1.54, 1.807) is 20.5 Å². The first-order valence-electron chi connectivity index (χ1n) is 11.1. The first-order chi connectivity index (χ1) is 15.7. The first-order valence-corrected chi connectivity index (χ1v) is 11.1. The molecule has 1 aromatic heterocycles. The molecule has 2 N–H and O–H groups in total. The van der Waals surface area contributed by atoms with Gasteiger partial charge in [0.2, 0.25) is 0 Å². The monoisotopic (exact) mass is 459 g/mol. The molecule has 33 heavy (non-hydrogen) atoms. The summed E-state index contributed by atoms with van der Waals surface area (Å²) in [6.07, 6.45) is 4.02. The van der Waals surface area contributed by atoms with E-state index in [2.05, 4.69) is 37.3 Å². The molecular formula is C24H37N5O4. The average molecular weight is 460 g/mol. The Hall–Kier alpha value is -3.07. The Morgan fingerprint density at radius 3 is 2.24 bits per heavy atom. The number of rotatable bonds is 8. The summed E-state index contributed by atoms with van der Waals surface area (Å²) >= 11 is 0. The van der Waals surface area contributed by atoms with Crippen molar-refractivity contribution in [3.05, 3.63) is 30.6 Å². The fourth-order valence-electron chi connectivity index (χ4n) is 3.34. The van der Waals surface area contributed by atoms with E-state index in [1.807, 2.05) is 45.0 Å². The quantitative estimate of drug-likeness (QED) is 0.573. The summed E-state index contributed by atoms with van der Waals surface area (Å²) in [5.74, 6) is 3.81. The normalized spacial score (nSPS) is 13.9. The summed E-state index contributed by atoms with van der Waals surface area (Å²) in [6.45, 7) is 9.13. The van der Waals surface area contributed by atoms with E-state index >= 15 is 0 Å². The summed E-state index contributed by atoms with van der Waals surface area (Å²) in [5.41, 5.74) is 0.536. The lowest BCUT2D eigenvalue weighted by Gasteiger charge is -2.28. The van der Waals surface area contributed by atoms with E-state index in [9.17, 15) is 4.79 Å². The van der Waals surface area contributed by atoms with Gasteiger partial charge in [-0.1, -0.05) is 0 Å². The molecule has 0 saturated carbocycles. The molecule has 3 rings (SSSR count). The molecule has 0 amide bonds. The Bertz CT molecular complexity index is 844. The fourth-order valence-corrected chi connectivity index (χ4v) is 3.34. The van der Waals surface area contributed by atoms with Crippen LogP contribution in [0.5, 0.6) is 11.5 Å². The molecule has 0 atom stereocenters. The molecule has 2 heterocycles. The number of piperidine rings is 1. The second-order valence-corrected chi connectivity index (χ2v) is 8.89. The highest BCUT2D eigenvalue weighted by atomic mass is 16.5. The Kier molecular flexibility index (Phi) is 10.2. The van der Waals surface area contributed by atoms with Crippen LogP contribution in [0.15, 0.2) is 30.6 Å². The maximum atomic E-state index is 9.60. The van der Waals surface area contributed by atoms with Crippen LogP contribution in [0.1, 0.15) is 33.6 Å². The lowest BCUT2D eigenvalue weighted by atomic mass is 9.98. The van der Waals surface area contributed by atoms with Gasteiger partial charge >= 0.3 is 0 Å². The molecule has 182 valence electrons. The van der Waals surface area contributed by atoms with Gasteiger partial charge in [0.05, 0.1) is 14.2 Å². The van der Waals surface area contributed by atoms with Crippen molar-refractivity contribution in [2.75, 3.05) is 51.1 Å². The maximum absolute atomic E-state index is 9.60. The third-order valence-electron chi connectivity index (χ3n) is 5.06. The summed E-state index contributed by atoms with van der Waals surface area (Å²) in [4.78, 5) is 20.6. The highest BCUT2D eigenvalue weighted by molar-refractivity contribution is 5.63. The van der Waals surface area contributed by atoms with Crippen molar-refractivity contribution in [1.29, 1.82) is 0 Å². The number of nitrogens with zero attached hydrogens (tertiary/aromatic N) is 3. The zero-order valence-electron chi connectivity index (χ0n) is 20.6. The molecule has 0 aliphatic carbocycles. The summed E-state index contributed by atoms with van der Waals surface area (Å²) in [5, 5.41) is 6.71. The van der Waals surface area contributed by atoms with Crippen LogP contribution >= 0.6 is 0 Å². The Morgan fingerprint density at radius 2 is 1.73 bits per heavy atom. The zero-order valence-corrected chi connectivity index (χ0v) is 20.6. The van der Waals surface area contributed by atoms with Crippen LogP contribution in [0.25, 0.3) is 0 Å². The predicted octanol–water partition coefficient (Wildman–Crippen LogP) is 3.63. The molecule has 1 fully saturated rings. The largest absolute Gasteiger partial charge is 0.497 e. The summed E-state index contributed by atoms with van der Waals surface area (Å²) in [7, 11) is 5.36. The molecule has 0 bridgehead atoms. The topological polar surface area (TPSA) is 97.8 Å². The second kappa shape index (κ2) is 12.8. The van der Waals surface area contributed by atoms with Crippen molar-refractivity contribution in [2.45, 2.75) is 39.2 Å². The van der Waals surface area contributed by atoms with E-state index < -0.39 is 0 Å². The zero-order chi connectivity index (χ0) is 24.3. The predicted molar refractivity (Wildman–Crippen MR) is 131 cm³/mol. The highest BCUT2D eigenvalue weighted by Gasteiger charge is 2.16. The van der Waals surface area contributed by atoms with E-state index in [4.69, 9.17) is 9.47 Å². The lowest BCUT2D eigenvalue weighted by molar-refractivity contribution is -0.138. The number of benzene rings is 1. The number of hydrogen-bond acceptors (Lipinski definition) is 9. The second-order valence-electron chi connectivity index (χ2n) is 8.89. The molecule has 1 aromatic carbocycles. The van der Waals surface area contributed by atoms with Crippen LogP contribution in [0, 0.1) is 5.92 Å². The summed E-state index contributed by atoms with van der Waals surface area (Å²) < 4.78 is 15.2. The van der Waals surface area contributed by atoms with Crippen molar-refractivity contribution < 1.29 is 19.0 Å².